The third-order valence-electron chi connectivity index (χ3n) is 3.63. The van der Waals surface area contributed by atoms with Crippen molar-refractivity contribution in [1.82, 2.24) is 10.6 Å². The Hall–Kier alpha value is -3.35. The molecule has 0 spiro atoms. The average Bonchev–Trinajstić information content (AvgIpc) is 2.61. The van der Waals surface area contributed by atoms with E-state index in [1.165, 1.54) is 6.92 Å². The third kappa shape index (κ3) is 5.85. The number of hydrogen-bond donors (Lipinski definition) is 3. The van der Waals surface area contributed by atoms with E-state index in [4.69, 9.17) is 4.74 Å². The Bertz CT molecular complexity index is 813. The fourth-order valence-electron chi connectivity index (χ4n) is 2.25. The van der Waals surface area contributed by atoms with E-state index in [1.807, 2.05) is 0 Å². The smallest absolute Gasteiger partial charge is 0.338 e. The zero-order valence-electron chi connectivity index (χ0n) is 15.4. The number of phenolic OH excluding ortho intramolecular Hbond substituents is 1. The highest BCUT2D eigenvalue weighted by atomic mass is 16.5. The van der Waals surface area contributed by atoms with Crippen LogP contribution in [-0.4, -0.2) is 35.2 Å². The van der Waals surface area contributed by atoms with Crippen LogP contribution in [0.25, 0.3) is 11.1 Å². The van der Waals surface area contributed by atoms with Crippen molar-refractivity contribution in [1.29, 1.82) is 0 Å². The Kier molecular flexibility index (Phi) is 6.54. The van der Waals surface area contributed by atoms with Gasteiger partial charge in [0.2, 0.25) is 0 Å². The first-order chi connectivity index (χ1) is 12.8. The van der Waals surface area contributed by atoms with Gasteiger partial charge in [-0.15, -0.1) is 0 Å². The minimum absolute atomic E-state index is 0.122. The SMILES string of the molecule is CC(C)NC(=O)NC(=O)[C@@H](C)OC(=O)c1ccc(-c2ccc(O)cc2)cc1. The van der Waals surface area contributed by atoms with Gasteiger partial charge < -0.3 is 15.2 Å². The molecule has 1 atom stereocenters. The lowest BCUT2D eigenvalue weighted by Gasteiger charge is -2.14. The van der Waals surface area contributed by atoms with Crippen LogP contribution in [0, 0.1) is 0 Å². The van der Waals surface area contributed by atoms with Crippen molar-refractivity contribution < 1.29 is 24.2 Å². The molecular formula is C20H22N2O5. The minimum Gasteiger partial charge on any atom is -0.508 e. The van der Waals surface area contributed by atoms with Crippen molar-refractivity contribution in [2.45, 2.75) is 32.9 Å². The molecule has 2 aromatic carbocycles. The van der Waals surface area contributed by atoms with E-state index in [9.17, 15) is 19.5 Å². The van der Waals surface area contributed by atoms with Gasteiger partial charge in [-0.1, -0.05) is 24.3 Å². The van der Waals surface area contributed by atoms with Crippen LogP contribution in [0.3, 0.4) is 0 Å². The fourth-order valence-corrected chi connectivity index (χ4v) is 2.25. The summed E-state index contributed by atoms with van der Waals surface area (Å²) in [6.07, 6.45) is -1.12. The Morgan fingerprint density at radius 1 is 0.889 bits per heavy atom. The molecular weight excluding hydrogens is 348 g/mol. The highest BCUT2D eigenvalue weighted by molar-refractivity contribution is 5.98. The predicted molar refractivity (Wildman–Crippen MR) is 100 cm³/mol. The van der Waals surface area contributed by atoms with E-state index in [1.54, 1.807) is 62.4 Å². The van der Waals surface area contributed by atoms with Gasteiger partial charge in [0.05, 0.1) is 5.56 Å². The van der Waals surface area contributed by atoms with Crippen LogP contribution in [0.1, 0.15) is 31.1 Å². The second kappa shape index (κ2) is 8.84. The number of nitrogens with one attached hydrogen (secondary N) is 2. The maximum atomic E-state index is 12.2. The first-order valence-electron chi connectivity index (χ1n) is 8.48. The van der Waals surface area contributed by atoms with Gasteiger partial charge in [0.15, 0.2) is 6.10 Å². The number of carbonyl (C=O) groups is 3. The largest absolute Gasteiger partial charge is 0.508 e. The molecule has 0 saturated carbocycles. The summed E-state index contributed by atoms with van der Waals surface area (Å²) < 4.78 is 5.10. The summed E-state index contributed by atoms with van der Waals surface area (Å²) in [5.74, 6) is -1.20. The number of hydrogen-bond acceptors (Lipinski definition) is 5. The van der Waals surface area contributed by atoms with Crippen LogP contribution >= 0.6 is 0 Å². The van der Waals surface area contributed by atoms with Crippen LogP contribution in [0.5, 0.6) is 5.75 Å². The quantitative estimate of drug-likeness (QED) is 0.702. The Morgan fingerprint density at radius 2 is 1.41 bits per heavy atom. The van der Waals surface area contributed by atoms with Crippen molar-refractivity contribution >= 4 is 17.9 Å². The molecule has 27 heavy (non-hydrogen) atoms. The topological polar surface area (TPSA) is 105 Å². The molecule has 7 heteroatoms. The molecule has 0 fully saturated rings. The Labute approximate surface area is 157 Å². The van der Waals surface area contributed by atoms with Crippen molar-refractivity contribution in [3.63, 3.8) is 0 Å². The summed E-state index contributed by atoms with van der Waals surface area (Å²) in [5.41, 5.74) is 2.03. The van der Waals surface area contributed by atoms with E-state index in [2.05, 4.69) is 10.6 Å². The van der Waals surface area contributed by atoms with Crippen LogP contribution < -0.4 is 10.6 Å². The van der Waals surface area contributed by atoms with Crippen molar-refractivity contribution in [3.8, 4) is 16.9 Å². The zero-order chi connectivity index (χ0) is 20.0. The van der Waals surface area contributed by atoms with E-state index in [0.29, 0.717) is 0 Å². The van der Waals surface area contributed by atoms with Crippen molar-refractivity contribution in [3.05, 3.63) is 54.1 Å². The van der Waals surface area contributed by atoms with Crippen molar-refractivity contribution in [2.75, 3.05) is 0 Å². The number of esters is 1. The normalized spacial score (nSPS) is 11.6. The minimum atomic E-state index is -1.12. The first kappa shape index (κ1) is 20.0. The summed E-state index contributed by atoms with van der Waals surface area (Å²) in [6.45, 7) is 4.91. The van der Waals surface area contributed by atoms with Gasteiger partial charge >= 0.3 is 12.0 Å². The molecule has 0 aliphatic carbocycles. The van der Waals surface area contributed by atoms with Crippen LogP contribution in [-0.2, 0) is 9.53 Å². The first-order valence-corrected chi connectivity index (χ1v) is 8.48. The molecule has 3 amide bonds. The van der Waals surface area contributed by atoms with E-state index >= 15 is 0 Å². The molecule has 3 N–H and O–H groups in total. The van der Waals surface area contributed by atoms with E-state index in [0.717, 1.165) is 11.1 Å². The summed E-state index contributed by atoms with van der Waals surface area (Å²) in [5, 5.41) is 14.0. The van der Waals surface area contributed by atoms with Crippen molar-refractivity contribution in [2.24, 2.45) is 0 Å². The summed E-state index contributed by atoms with van der Waals surface area (Å²) in [6, 6.07) is 12.6. The van der Waals surface area contributed by atoms with Gasteiger partial charge in [0.25, 0.3) is 5.91 Å². The number of carbonyl (C=O) groups excluding carboxylic acids is 3. The van der Waals surface area contributed by atoms with Gasteiger partial charge in [-0.2, -0.15) is 0 Å². The van der Waals surface area contributed by atoms with Gasteiger partial charge in [-0.3, -0.25) is 10.1 Å². The fraction of sp³-hybridized carbons (Fsp3) is 0.250. The third-order valence-corrected chi connectivity index (χ3v) is 3.63. The van der Waals surface area contributed by atoms with Gasteiger partial charge in [0.1, 0.15) is 5.75 Å². The second-order valence-corrected chi connectivity index (χ2v) is 6.29. The van der Waals surface area contributed by atoms with Crippen LogP contribution in [0.4, 0.5) is 4.79 Å². The maximum Gasteiger partial charge on any atom is 0.338 e. The summed E-state index contributed by atoms with van der Waals surface area (Å²) in [4.78, 5) is 35.6. The highest BCUT2D eigenvalue weighted by Crippen LogP contribution is 2.22. The predicted octanol–water partition coefficient (Wildman–Crippen LogP) is 2.84. The molecule has 0 saturated heterocycles. The van der Waals surface area contributed by atoms with Crippen LogP contribution in [0.15, 0.2) is 48.5 Å². The molecule has 0 aromatic heterocycles. The molecule has 0 aliphatic rings. The highest BCUT2D eigenvalue weighted by Gasteiger charge is 2.21. The molecule has 0 unspecified atom stereocenters. The molecule has 142 valence electrons. The monoisotopic (exact) mass is 370 g/mol. The second-order valence-electron chi connectivity index (χ2n) is 6.29. The number of amides is 3. The summed E-state index contributed by atoms with van der Waals surface area (Å²) >= 11 is 0. The number of benzene rings is 2. The molecule has 2 rings (SSSR count). The lowest BCUT2D eigenvalue weighted by molar-refractivity contribution is -0.127. The maximum absolute atomic E-state index is 12.2. The van der Waals surface area contributed by atoms with Gasteiger partial charge in [-0.05, 0) is 56.2 Å². The summed E-state index contributed by atoms with van der Waals surface area (Å²) in [7, 11) is 0. The number of rotatable bonds is 5. The lowest BCUT2D eigenvalue weighted by Crippen LogP contribution is -2.46. The zero-order valence-corrected chi connectivity index (χ0v) is 15.4. The standard InChI is InChI=1S/C20H22N2O5/c1-12(2)21-20(26)22-18(24)13(3)27-19(25)16-6-4-14(5-7-16)15-8-10-17(23)11-9-15/h4-13,23H,1-3H3,(H2,21,22,24,26)/t13-/m1/s1. The van der Waals surface area contributed by atoms with Gasteiger partial charge in [-0.25, -0.2) is 9.59 Å². The van der Waals surface area contributed by atoms with Crippen LogP contribution in [0.2, 0.25) is 0 Å². The number of ether oxygens (including phenoxy) is 1. The number of urea groups is 1. The van der Waals surface area contributed by atoms with E-state index < -0.39 is 24.0 Å². The Morgan fingerprint density at radius 3 is 1.93 bits per heavy atom. The molecule has 2 aromatic rings. The number of phenols is 1. The van der Waals surface area contributed by atoms with E-state index in [-0.39, 0.29) is 17.4 Å². The molecule has 0 heterocycles. The molecule has 0 radical (unpaired) electrons. The lowest BCUT2D eigenvalue weighted by atomic mass is 10.0. The number of aromatic hydroxyl groups is 1. The average molecular weight is 370 g/mol. The van der Waals surface area contributed by atoms with Gasteiger partial charge in [0, 0.05) is 6.04 Å². The molecule has 0 aliphatic heterocycles. The molecule has 7 nitrogen and oxygen atoms in total. The Balaban J connectivity index is 1.96. The molecule has 0 bridgehead atoms. The number of imide groups is 1.